The number of H-pyrrole nitrogens is 1. The van der Waals surface area contributed by atoms with E-state index in [1.807, 2.05) is 37.4 Å². The average Bonchev–Trinajstić information content (AvgIpc) is 3.19. The molecule has 0 saturated heterocycles. The van der Waals surface area contributed by atoms with E-state index in [1.54, 1.807) is 42.6 Å². The van der Waals surface area contributed by atoms with Crippen molar-refractivity contribution in [2.45, 2.75) is 24.7 Å². The molecular weight excluding hydrogens is 418 g/mol. The van der Waals surface area contributed by atoms with E-state index in [4.69, 9.17) is 11.6 Å². The molecule has 30 heavy (non-hydrogen) atoms. The summed E-state index contributed by atoms with van der Waals surface area (Å²) in [6, 6.07) is 17.7. The first kappa shape index (κ1) is 20.4. The molecule has 0 unspecified atom stereocenters. The highest BCUT2D eigenvalue weighted by Crippen LogP contribution is 2.39. The lowest BCUT2D eigenvalue weighted by molar-refractivity contribution is 0.588. The summed E-state index contributed by atoms with van der Waals surface area (Å²) in [5.74, 6) is 0. The quantitative estimate of drug-likeness (QED) is 0.391. The van der Waals surface area contributed by atoms with Gasteiger partial charge < -0.3 is 4.98 Å². The van der Waals surface area contributed by atoms with Gasteiger partial charge in [-0.15, -0.1) is 0 Å². The number of hydrogen-bond donors (Lipinski definition) is 1. The fraction of sp³-hybridized carbons (Fsp3) is 0.174. The normalized spacial score (nSPS) is 11.7. The van der Waals surface area contributed by atoms with Crippen LogP contribution in [0.4, 0.5) is 5.69 Å². The summed E-state index contributed by atoms with van der Waals surface area (Å²) < 4.78 is 28.7. The molecule has 4 rings (SSSR count). The number of benzene rings is 2. The number of aromatic amines is 1. The molecule has 0 aliphatic heterocycles. The molecular formula is C23H22ClN3O2S. The van der Waals surface area contributed by atoms with Crippen LogP contribution in [-0.4, -0.2) is 24.9 Å². The van der Waals surface area contributed by atoms with Crippen LogP contribution in [0, 0.1) is 0 Å². The summed E-state index contributed by atoms with van der Waals surface area (Å²) in [4.78, 5) is 7.78. The van der Waals surface area contributed by atoms with Gasteiger partial charge in [0.15, 0.2) is 0 Å². The lowest BCUT2D eigenvalue weighted by atomic mass is 10.0. The maximum absolute atomic E-state index is 13.6. The molecule has 0 fully saturated rings. The number of aromatic nitrogens is 2. The largest absolute Gasteiger partial charge is 0.346 e. The van der Waals surface area contributed by atoms with Gasteiger partial charge in [-0.3, -0.25) is 4.31 Å². The smallest absolute Gasteiger partial charge is 0.264 e. The van der Waals surface area contributed by atoms with Crippen molar-refractivity contribution in [3.8, 4) is 11.1 Å². The second kappa shape index (κ2) is 8.50. The van der Waals surface area contributed by atoms with E-state index in [-0.39, 0.29) is 4.90 Å². The third-order valence-corrected chi connectivity index (χ3v) is 7.08. The van der Waals surface area contributed by atoms with Crippen molar-refractivity contribution in [3.05, 3.63) is 78.1 Å². The second-order valence-electron chi connectivity index (χ2n) is 7.01. The third kappa shape index (κ3) is 3.80. The molecule has 0 amide bonds. The number of unbranched alkanes of at least 4 members (excludes halogenated alkanes) is 1. The standard InChI is InChI=1S/C23H22ClN3O2S/c1-2-3-14-27(30(28,29)18-8-5-4-6-9-18)22-12-11-17(24)15-20(22)21-16-26-23-19(21)10-7-13-25-23/h4-13,15-16H,2-3,14H2,1H3,(H,25,26). The zero-order valence-electron chi connectivity index (χ0n) is 16.5. The van der Waals surface area contributed by atoms with Crippen LogP contribution in [0.2, 0.25) is 5.02 Å². The predicted octanol–water partition coefficient (Wildman–Crippen LogP) is 5.88. The summed E-state index contributed by atoms with van der Waals surface area (Å²) in [7, 11) is -3.74. The average molecular weight is 440 g/mol. The summed E-state index contributed by atoms with van der Waals surface area (Å²) in [5, 5.41) is 1.45. The molecule has 0 radical (unpaired) electrons. The van der Waals surface area contributed by atoms with Crippen molar-refractivity contribution in [2.24, 2.45) is 0 Å². The van der Waals surface area contributed by atoms with Crippen LogP contribution in [0.1, 0.15) is 19.8 Å². The first-order valence-corrected chi connectivity index (χ1v) is 11.6. The van der Waals surface area contributed by atoms with Crippen molar-refractivity contribution in [1.29, 1.82) is 0 Å². The van der Waals surface area contributed by atoms with E-state index in [0.717, 1.165) is 35.0 Å². The molecule has 0 saturated carbocycles. The third-order valence-electron chi connectivity index (χ3n) is 5.01. The maximum atomic E-state index is 13.6. The topological polar surface area (TPSA) is 66.1 Å². The molecule has 2 aromatic heterocycles. The Kier molecular flexibility index (Phi) is 5.79. The molecule has 2 aromatic carbocycles. The van der Waals surface area contributed by atoms with Crippen molar-refractivity contribution < 1.29 is 8.42 Å². The highest BCUT2D eigenvalue weighted by Gasteiger charge is 2.27. The number of pyridine rings is 1. The molecule has 0 spiro atoms. The first-order chi connectivity index (χ1) is 14.5. The number of nitrogens with one attached hydrogen (secondary N) is 1. The van der Waals surface area contributed by atoms with Crippen LogP contribution in [-0.2, 0) is 10.0 Å². The molecule has 7 heteroatoms. The van der Waals surface area contributed by atoms with Crippen LogP contribution in [0.25, 0.3) is 22.2 Å². The lowest BCUT2D eigenvalue weighted by Gasteiger charge is -2.27. The van der Waals surface area contributed by atoms with E-state index in [2.05, 4.69) is 9.97 Å². The van der Waals surface area contributed by atoms with Crippen LogP contribution >= 0.6 is 11.6 Å². The molecule has 5 nitrogen and oxygen atoms in total. The highest BCUT2D eigenvalue weighted by molar-refractivity contribution is 7.92. The van der Waals surface area contributed by atoms with E-state index < -0.39 is 10.0 Å². The molecule has 1 N–H and O–H groups in total. The highest BCUT2D eigenvalue weighted by atomic mass is 35.5. The Morgan fingerprint density at radius 3 is 2.60 bits per heavy atom. The fourth-order valence-corrected chi connectivity index (χ4v) is 5.23. The SMILES string of the molecule is CCCCN(c1ccc(Cl)cc1-c1c[nH]c2ncccc12)S(=O)(=O)c1ccccc1. The van der Waals surface area contributed by atoms with E-state index in [1.165, 1.54) is 4.31 Å². The van der Waals surface area contributed by atoms with E-state index in [9.17, 15) is 8.42 Å². The van der Waals surface area contributed by atoms with Crippen molar-refractivity contribution >= 4 is 38.3 Å². The molecule has 4 aromatic rings. The number of fused-ring (bicyclic) bond motifs is 1. The number of hydrogen-bond acceptors (Lipinski definition) is 3. The van der Waals surface area contributed by atoms with E-state index in [0.29, 0.717) is 17.3 Å². The fourth-order valence-electron chi connectivity index (χ4n) is 3.51. The van der Waals surface area contributed by atoms with Gasteiger partial charge in [-0.2, -0.15) is 0 Å². The molecule has 0 bridgehead atoms. The summed E-state index contributed by atoms with van der Waals surface area (Å²) >= 11 is 6.33. The van der Waals surface area contributed by atoms with Crippen LogP contribution in [0.15, 0.2) is 78.0 Å². The van der Waals surface area contributed by atoms with Crippen molar-refractivity contribution in [1.82, 2.24) is 9.97 Å². The Labute approximate surface area is 181 Å². The predicted molar refractivity (Wildman–Crippen MR) is 122 cm³/mol. The summed E-state index contributed by atoms with van der Waals surface area (Å²) in [6.45, 7) is 2.42. The van der Waals surface area contributed by atoms with Gasteiger partial charge in [0.2, 0.25) is 0 Å². The van der Waals surface area contributed by atoms with E-state index >= 15 is 0 Å². The van der Waals surface area contributed by atoms with Crippen LogP contribution < -0.4 is 4.31 Å². The van der Waals surface area contributed by atoms with Gasteiger partial charge in [-0.05, 0) is 48.9 Å². The van der Waals surface area contributed by atoms with Crippen molar-refractivity contribution in [2.75, 3.05) is 10.8 Å². The minimum Gasteiger partial charge on any atom is -0.346 e. The Morgan fingerprint density at radius 1 is 1.03 bits per heavy atom. The number of anilines is 1. The number of sulfonamides is 1. The molecule has 0 aliphatic rings. The van der Waals surface area contributed by atoms with Gasteiger partial charge in [0.25, 0.3) is 10.0 Å². The van der Waals surface area contributed by atoms with Gasteiger partial charge in [0, 0.05) is 40.5 Å². The van der Waals surface area contributed by atoms with Crippen LogP contribution in [0.3, 0.4) is 0 Å². The molecule has 154 valence electrons. The van der Waals surface area contributed by atoms with Crippen LogP contribution in [0.5, 0.6) is 0 Å². The monoisotopic (exact) mass is 439 g/mol. The lowest BCUT2D eigenvalue weighted by Crippen LogP contribution is -2.32. The maximum Gasteiger partial charge on any atom is 0.264 e. The molecule has 0 atom stereocenters. The second-order valence-corrected chi connectivity index (χ2v) is 9.31. The number of nitrogens with zero attached hydrogens (tertiary/aromatic N) is 2. The van der Waals surface area contributed by atoms with Crippen molar-refractivity contribution in [3.63, 3.8) is 0 Å². The first-order valence-electron chi connectivity index (χ1n) is 9.82. The molecule has 0 aliphatic carbocycles. The minimum atomic E-state index is -3.74. The zero-order chi connectivity index (χ0) is 21.1. The molecule has 2 heterocycles. The Balaban J connectivity index is 1.92. The van der Waals surface area contributed by atoms with Gasteiger partial charge in [-0.1, -0.05) is 43.1 Å². The van der Waals surface area contributed by atoms with Gasteiger partial charge in [-0.25, -0.2) is 13.4 Å². The Morgan fingerprint density at radius 2 is 1.83 bits per heavy atom. The van der Waals surface area contributed by atoms with Gasteiger partial charge in [0.1, 0.15) is 5.65 Å². The van der Waals surface area contributed by atoms with Gasteiger partial charge in [0.05, 0.1) is 10.6 Å². The zero-order valence-corrected chi connectivity index (χ0v) is 18.1. The Bertz CT molecular complexity index is 1270. The summed E-state index contributed by atoms with van der Waals surface area (Å²) in [6.07, 6.45) is 5.18. The Hall–Kier alpha value is -2.83. The summed E-state index contributed by atoms with van der Waals surface area (Å²) in [5.41, 5.74) is 2.95. The van der Waals surface area contributed by atoms with Gasteiger partial charge >= 0.3 is 0 Å². The number of halogens is 1. The minimum absolute atomic E-state index is 0.266. The number of rotatable bonds is 7.